The van der Waals surface area contributed by atoms with Crippen LogP contribution in [0, 0.1) is 11.8 Å². The van der Waals surface area contributed by atoms with Crippen molar-refractivity contribution in [2.45, 2.75) is 34.2 Å². The van der Waals surface area contributed by atoms with Gasteiger partial charge in [-0.3, -0.25) is 0 Å². The number of aromatic nitrogens is 1. The quantitative estimate of drug-likeness (QED) is 0.794. The zero-order valence-electron chi connectivity index (χ0n) is 11.7. The van der Waals surface area contributed by atoms with Gasteiger partial charge in [0.25, 0.3) is 6.01 Å². The molecule has 0 atom stereocenters. The Morgan fingerprint density at radius 3 is 2.29 bits per heavy atom. The molecule has 0 unspecified atom stereocenters. The summed E-state index contributed by atoms with van der Waals surface area (Å²) in [6.45, 7) is 11.6. The molecule has 0 aromatic carbocycles. The fourth-order valence-electron chi connectivity index (χ4n) is 1.82. The van der Waals surface area contributed by atoms with E-state index in [-0.39, 0.29) is 0 Å². The molecule has 1 aromatic heterocycles. The first kappa shape index (κ1) is 14.0. The number of anilines is 1. The number of rotatable bonds is 7. The number of nitrogens with one attached hydrogen (secondary N) is 1. The van der Waals surface area contributed by atoms with Gasteiger partial charge in [-0.05, 0) is 18.9 Å². The van der Waals surface area contributed by atoms with Crippen LogP contribution in [-0.2, 0) is 6.54 Å². The van der Waals surface area contributed by atoms with Crippen LogP contribution in [0.15, 0.2) is 10.7 Å². The van der Waals surface area contributed by atoms with Gasteiger partial charge >= 0.3 is 0 Å². The van der Waals surface area contributed by atoms with E-state index in [9.17, 15) is 0 Å². The first-order chi connectivity index (χ1) is 8.02. The SMILES string of the molecule is CNCc1coc(N(CC(C)C)CC(C)C)n1. The predicted molar refractivity (Wildman–Crippen MR) is 71.2 cm³/mol. The average Bonchev–Trinajstić information content (AvgIpc) is 2.64. The third-order valence-corrected chi connectivity index (χ3v) is 2.34. The minimum absolute atomic E-state index is 0.605. The predicted octanol–water partition coefficient (Wildman–Crippen LogP) is 2.51. The van der Waals surface area contributed by atoms with Gasteiger partial charge in [0, 0.05) is 19.6 Å². The molecule has 0 aliphatic heterocycles. The van der Waals surface area contributed by atoms with Crippen LogP contribution in [0.4, 0.5) is 6.01 Å². The van der Waals surface area contributed by atoms with Crippen LogP contribution < -0.4 is 10.2 Å². The van der Waals surface area contributed by atoms with Crippen molar-refractivity contribution in [3.8, 4) is 0 Å². The van der Waals surface area contributed by atoms with E-state index in [1.54, 1.807) is 6.26 Å². The summed E-state index contributed by atoms with van der Waals surface area (Å²) in [7, 11) is 1.91. The molecule has 0 aliphatic rings. The molecule has 0 saturated heterocycles. The van der Waals surface area contributed by atoms with E-state index < -0.39 is 0 Å². The van der Waals surface area contributed by atoms with Crippen LogP contribution in [-0.4, -0.2) is 25.1 Å². The summed E-state index contributed by atoms with van der Waals surface area (Å²) in [5.41, 5.74) is 0.958. The van der Waals surface area contributed by atoms with Crippen LogP contribution in [0.3, 0.4) is 0 Å². The van der Waals surface area contributed by atoms with Crippen molar-refractivity contribution >= 4 is 6.01 Å². The Hall–Kier alpha value is -1.03. The molecule has 0 amide bonds. The highest BCUT2D eigenvalue weighted by molar-refractivity contribution is 5.27. The van der Waals surface area contributed by atoms with E-state index in [2.05, 4.69) is 42.9 Å². The van der Waals surface area contributed by atoms with Gasteiger partial charge in [0.15, 0.2) is 0 Å². The molecular weight excluding hydrogens is 214 g/mol. The third kappa shape index (κ3) is 4.77. The van der Waals surface area contributed by atoms with Gasteiger partial charge in [0.05, 0.1) is 5.69 Å². The van der Waals surface area contributed by atoms with Crippen molar-refractivity contribution in [3.63, 3.8) is 0 Å². The lowest BCUT2D eigenvalue weighted by molar-refractivity contribution is 0.480. The first-order valence-corrected chi connectivity index (χ1v) is 6.36. The van der Waals surface area contributed by atoms with Crippen LogP contribution >= 0.6 is 0 Å². The Morgan fingerprint density at radius 1 is 1.24 bits per heavy atom. The molecule has 98 valence electrons. The Balaban J connectivity index is 2.72. The molecule has 0 saturated carbocycles. The van der Waals surface area contributed by atoms with Gasteiger partial charge in [-0.1, -0.05) is 27.7 Å². The normalized spacial score (nSPS) is 11.5. The van der Waals surface area contributed by atoms with Gasteiger partial charge in [-0.2, -0.15) is 4.98 Å². The van der Waals surface area contributed by atoms with Gasteiger partial charge < -0.3 is 14.6 Å². The Kier molecular flexibility index (Phi) is 5.48. The van der Waals surface area contributed by atoms with E-state index >= 15 is 0 Å². The monoisotopic (exact) mass is 239 g/mol. The maximum Gasteiger partial charge on any atom is 0.297 e. The molecule has 0 bridgehead atoms. The molecule has 1 aromatic rings. The number of hydrogen-bond donors (Lipinski definition) is 1. The molecule has 4 nitrogen and oxygen atoms in total. The van der Waals surface area contributed by atoms with E-state index in [1.165, 1.54) is 0 Å². The molecule has 17 heavy (non-hydrogen) atoms. The van der Waals surface area contributed by atoms with Gasteiger partial charge in [0.1, 0.15) is 6.26 Å². The summed E-state index contributed by atoms with van der Waals surface area (Å²) in [6.07, 6.45) is 1.74. The average molecular weight is 239 g/mol. The fraction of sp³-hybridized carbons (Fsp3) is 0.769. The molecule has 0 radical (unpaired) electrons. The molecule has 4 heteroatoms. The van der Waals surface area contributed by atoms with Crippen molar-refractivity contribution in [3.05, 3.63) is 12.0 Å². The highest BCUT2D eigenvalue weighted by Gasteiger charge is 2.15. The summed E-state index contributed by atoms with van der Waals surface area (Å²) in [5, 5.41) is 3.08. The largest absolute Gasteiger partial charge is 0.432 e. The highest BCUT2D eigenvalue weighted by Crippen LogP contribution is 2.17. The van der Waals surface area contributed by atoms with Gasteiger partial charge in [0.2, 0.25) is 0 Å². The zero-order valence-corrected chi connectivity index (χ0v) is 11.7. The second-order valence-corrected chi connectivity index (χ2v) is 5.34. The van der Waals surface area contributed by atoms with Crippen molar-refractivity contribution in [1.82, 2.24) is 10.3 Å². The lowest BCUT2D eigenvalue weighted by Crippen LogP contribution is -2.31. The molecule has 1 heterocycles. The number of nitrogens with zero attached hydrogens (tertiary/aromatic N) is 2. The van der Waals surface area contributed by atoms with E-state index in [0.717, 1.165) is 31.3 Å². The zero-order chi connectivity index (χ0) is 12.8. The Morgan fingerprint density at radius 2 is 1.82 bits per heavy atom. The summed E-state index contributed by atoms with van der Waals surface area (Å²) in [4.78, 5) is 6.73. The fourth-order valence-corrected chi connectivity index (χ4v) is 1.82. The number of hydrogen-bond acceptors (Lipinski definition) is 4. The Labute approximate surface area is 104 Å². The third-order valence-electron chi connectivity index (χ3n) is 2.34. The molecule has 0 fully saturated rings. The van der Waals surface area contributed by atoms with Crippen LogP contribution in [0.1, 0.15) is 33.4 Å². The second kappa shape index (κ2) is 6.64. The van der Waals surface area contributed by atoms with Gasteiger partial charge in [-0.15, -0.1) is 0 Å². The number of oxazole rings is 1. The molecule has 0 spiro atoms. The highest BCUT2D eigenvalue weighted by atomic mass is 16.4. The lowest BCUT2D eigenvalue weighted by Gasteiger charge is -2.24. The summed E-state index contributed by atoms with van der Waals surface area (Å²) in [5.74, 6) is 1.21. The first-order valence-electron chi connectivity index (χ1n) is 6.36. The van der Waals surface area contributed by atoms with Crippen molar-refractivity contribution in [2.75, 3.05) is 25.0 Å². The van der Waals surface area contributed by atoms with Crippen molar-refractivity contribution in [2.24, 2.45) is 11.8 Å². The standard InChI is InChI=1S/C13H25N3O/c1-10(2)7-16(8-11(3)4)13-15-12(6-14-5)9-17-13/h9-11,14H,6-8H2,1-5H3. The minimum Gasteiger partial charge on any atom is -0.432 e. The smallest absolute Gasteiger partial charge is 0.297 e. The van der Waals surface area contributed by atoms with Crippen LogP contribution in [0.2, 0.25) is 0 Å². The maximum absolute atomic E-state index is 5.56. The molecule has 0 aliphatic carbocycles. The summed E-state index contributed by atoms with van der Waals surface area (Å²) < 4.78 is 5.56. The van der Waals surface area contributed by atoms with Crippen molar-refractivity contribution < 1.29 is 4.42 Å². The summed E-state index contributed by atoms with van der Waals surface area (Å²) >= 11 is 0. The lowest BCUT2D eigenvalue weighted by atomic mass is 10.1. The molecule has 1 N–H and O–H groups in total. The molecular formula is C13H25N3O. The molecule has 1 rings (SSSR count). The van der Waals surface area contributed by atoms with E-state index in [1.807, 2.05) is 7.05 Å². The maximum atomic E-state index is 5.56. The van der Waals surface area contributed by atoms with Crippen LogP contribution in [0.5, 0.6) is 0 Å². The topological polar surface area (TPSA) is 41.3 Å². The van der Waals surface area contributed by atoms with E-state index in [4.69, 9.17) is 4.42 Å². The minimum atomic E-state index is 0.605. The van der Waals surface area contributed by atoms with Crippen LogP contribution in [0.25, 0.3) is 0 Å². The Bertz CT molecular complexity index is 310. The van der Waals surface area contributed by atoms with Crippen molar-refractivity contribution in [1.29, 1.82) is 0 Å². The second-order valence-electron chi connectivity index (χ2n) is 5.34. The van der Waals surface area contributed by atoms with Gasteiger partial charge in [-0.25, -0.2) is 0 Å². The summed E-state index contributed by atoms with van der Waals surface area (Å²) in [6, 6.07) is 0.748. The van der Waals surface area contributed by atoms with E-state index in [0.29, 0.717) is 11.8 Å².